The Balaban J connectivity index is 1.27. The van der Waals surface area contributed by atoms with E-state index < -0.39 is 5.60 Å². The standard InChI is InChI=1S/C37H43NO5/c1-5-40-36(39)37(3,4)43-34-20-19-32(25-31(34)23-27-13-8-6-9-14-27)41-22-21-33-26(2)42-35(38-33)30-18-12-17-29(24-30)28-15-10-7-11-16-28/h7,10-12,15-20,24-25,27H,5-6,8-9,13-14,21-23H2,1-4H3. The van der Waals surface area contributed by atoms with Crippen LogP contribution in [0.5, 0.6) is 11.5 Å². The number of esters is 1. The Hall–Kier alpha value is -4.06. The average Bonchev–Trinajstić information content (AvgIpc) is 3.39. The zero-order valence-electron chi connectivity index (χ0n) is 25.9. The molecular weight excluding hydrogens is 538 g/mol. The van der Waals surface area contributed by atoms with Gasteiger partial charge in [-0.1, -0.05) is 74.6 Å². The van der Waals surface area contributed by atoms with Crippen LogP contribution < -0.4 is 9.47 Å². The number of aryl methyl sites for hydroxylation is 1. The van der Waals surface area contributed by atoms with E-state index in [1.54, 1.807) is 20.8 Å². The number of aromatic nitrogens is 1. The van der Waals surface area contributed by atoms with Gasteiger partial charge in [-0.3, -0.25) is 0 Å². The van der Waals surface area contributed by atoms with E-state index in [1.165, 1.54) is 32.1 Å². The first-order valence-corrected chi connectivity index (χ1v) is 15.6. The Morgan fingerprint density at radius 2 is 1.67 bits per heavy atom. The van der Waals surface area contributed by atoms with Crippen molar-refractivity contribution in [1.29, 1.82) is 0 Å². The third-order valence-corrected chi connectivity index (χ3v) is 8.11. The average molecular weight is 582 g/mol. The van der Waals surface area contributed by atoms with E-state index in [9.17, 15) is 4.79 Å². The number of hydrogen-bond acceptors (Lipinski definition) is 6. The van der Waals surface area contributed by atoms with Gasteiger partial charge in [0.25, 0.3) is 0 Å². The molecule has 1 aliphatic carbocycles. The minimum absolute atomic E-state index is 0.319. The van der Waals surface area contributed by atoms with Crippen molar-refractivity contribution in [1.82, 2.24) is 4.98 Å². The summed E-state index contributed by atoms with van der Waals surface area (Å²) >= 11 is 0. The molecule has 3 aromatic carbocycles. The molecule has 1 fully saturated rings. The van der Waals surface area contributed by atoms with Crippen molar-refractivity contribution in [3.63, 3.8) is 0 Å². The molecule has 6 heteroatoms. The van der Waals surface area contributed by atoms with Crippen LogP contribution in [-0.4, -0.2) is 29.8 Å². The van der Waals surface area contributed by atoms with Gasteiger partial charge in [-0.2, -0.15) is 0 Å². The highest BCUT2D eigenvalue weighted by Crippen LogP contribution is 2.34. The third kappa shape index (κ3) is 7.86. The number of oxazole rings is 1. The molecule has 0 amide bonds. The number of carbonyl (C=O) groups is 1. The summed E-state index contributed by atoms with van der Waals surface area (Å²) < 4.78 is 23.8. The van der Waals surface area contributed by atoms with Crippen LogP contribution in [0.1, 0.15) is 69.9 Å². The van der Waals surface area contributed by atoms with Gasteiger partial charge in [0.1, 0.15) is 17.3 Å². The van der Waals surface area contributed by atoms with Crippen molar-refractivity contribution in [2.24, 2.45) is 5.92 Å². The van der Waals surface area contributed by atoms with Crippen molar-refractivity contribution >= 4 is 5.97 Å². The lowest BCUT2D eigenvalue weighted by Gasteiger charge is -2.27. The second-order valence-corrected chi connectivity index (χ2v) is 11.9. The summed E-state index contributed by atoms with van der Waals surface area (Å²) in [5.41, 5.74) is 4.11. The first-order chi connectivity index (χ1) is 20.8. The van der Waals surface area contributed by atoms with E-state index in [4.69, 9.17) is 23.6 Å². The molecule has 0 radical (unpaired) electrons. The molecule has 0 bridgehead atoms. The second-order valence-electron chi connectivity index (χ2n) is 11.9. The molecule has 0 saturated heterocycles. The van der Waals surface area contributed by atoms with E-state index in [0.717, 1.165) is 45.9 Å². The van der Waals surface area contributed by atoms with Gasteiger partial charge in [0.15, 0.2) is 5.60 Å². The molecule has 0 spiro atoms. The van der Waals surface area contributed by atoms with Crippen molar-refractivity contribution in [2.45, 2.75) is 78.2 Å². The van der Waals surface area contributed by atoms with Crippen molar-refractivity contribution in [2.75, 3.05) is 13.2 Å². The first kappa shape index (κ1) is 30.4. The maximum absolute atomic E-state index is 12.5. The fourth-order valence-electron chi connectivity index (χ4n) is 5.74. The lowest BCUT2D eigenvalue weighted by atomic mass is 9.84. The van der Waals surface area contributed by atoms with E-state index >= 15 is 0 Å². The number of benzene rings is 3. The highest BCUT2D eigenvalue weighted by Gasteiger charge is 2.32. The van der Waals surface area contributed by atoms with Gasteiger partial charge in [-0.05, 0) is 87.1 Å². The van der Waals surface area contributed by atoms with E-state index in [0.29, 0.717) is 37.2 Å². The van der Waals surface area contributed by atoms with Crippen LogP contribution in [0.2, 0.25) is 0 Å². The molecule has 1 heterocycles. The lowest BCUT2D eigenvalue weighted by Crippen LogP contribution is -2.40. The van der Waals surface area contributed by atoms with Gasteiger partial charge < -0.3 is 18.6 Å². The quantitative estimate of drug-likeness (QED) is 0.156. The molecule has 0 N–H and O–H groups in total. The van der Waals surface area contributed by atoms with Gasteiger partial charge >= 0.3 is 5.97 Å². The zero-order chi connectivity index (χ0) is 30.2. The molecule has 5 rings (SSSR count). The number of ether oxygens (including phenoxy) is 3. The fourth-order valence-corrected chi connectivity index (χ4v) is 5.74. The highest BCUT2D eigenvalue weighted by molar-refractivity contribution is 5.79. The summed E-state index contributed by atoms with van der Waals surface area (Å²) in [5, 5.41) is 0. The van der Waals surface area contributed by atoms with Crippen molar-refractivity contribution in [3.8, 4) is 34.1 Å². The van der Waals surface area contributed by atoms with Crippen LogP contribution in [0, 0.1) is 12.8 Å². The third-order valence-electron chi connectivity index (χ3n) is 8.11. The Labute approximate surface area is 255 Å². The molecule has 0 unspecified atom stereocenters. The predicted molar refractivity (Wildman–Crippen MR) is 169 cm³/mol. The van der Waals surface area contributed by atoms with E-state index in [2.05, 4.69) is 30.3 Å². The Bertz CT molecular complexity index is 1500. The molecule has 0 atom stereocenters. The SMILES string of the molecule is CCOC(=O)C(C)(C)Oc1ccc(OCCc2nc(-c3cccc(-c4ccccc4)c3)oc2C)cc1CC1CCCCC1. The Morgan fingerprint density at radius 1 is 0.930 bits per heavy atom. The number of carbonyl (C=O) groups excluding carboxylic acids is 1. The molecule has 1 aliphatic rings. The minimum atomic E-state index is -1.08. The van der Waals surface area contributed by atoms with Crippen LogP contribution in [-0.2, 0) is 22.4 Å². The second kappa shape index (κ2) is 13.9. The van der Waals surface area contributed by atoms with E-state index in [1.807, 2.05) is 49.4 Å². The molecule has 6 nitrogen and oxygen atoms in total. The van der Waals surface area contributed by atoms with Gasteiger partial charge in [-0.15, -0.1) is 0 Å². The molecule has 1 saturated carbocycles. The van der Waals surface area contributed by atoms with Gasteiger partial charge in [0.05, 0.1) is 18.9 Å². The molecule has 4 aromatic rings. The van der Waals surface area contributed by atoms with Crippen LogP contribution in [0.25, 0.3) is 22.6 Å². The normalized spacial score (nSPS) is 14.0. The van der Waals surface area contributed by atoms with Crippen LogP contribution >= 0.6 is 0 Å². The summed E-state index contributed by atoms with van der Waals surface area (Å²) in [6, 6.07) is 24.5. The maximum atomic E-state index is 12.5. The van der Waals surface area contributed by atoms with Gasteiger partial charge in [0.2, 0.25) is 5.89 Å². The minimum Gasteiger partial charge on any atom is -0.493 e. The topological polar surface area (TPSA) is 70.8 Å². The maximum Gasteiger partial charge on any atom is 0.349 e. The summed E-state index contributed by atoms with van der Waals surface area (Å²) in [5.74, 6) is 3.15. The molecule has 226 valence electrons. The van der Waals surface area contributed by atoms with Gasteiger partial charge in [0, 0.05) is 12.0 Å². The first-order valence-electron chi connectivity index (χ1n) is 15.6. The number of hydrogen-bond donors (Lipinski definition) is 0. The fraction of sp³-hybridized carbons (Fsp3) is 0.405. The number of rotatable bonds is 12. The largest absolute Gasteiger partial charge is 0.493 e. The summed E-state index contributed by atoms with van der Waals surface area (Å²) in [6.07, 6.45) is 7.79. The summed E-state index contributed by atoms with van der Waals surface area (Å²) in [6.45, 7) is 8.05. The molecular formula is C37H43NO5. The predicted octanol–water partition coefficient (Wildman–Crippen LogP) is 8.78. The number of nitrogens with zero attached hydrogens (tertiary/aromatic N) is 1. The summed E-state index contributed by atoms with van der Waals surface area (Å²) in [4.78, 5) is 17.3. The van der Waals surface area contributed by atoms with Crippen LogP contribution in [0.3, 0.4) is 0 Å². The Morgan fingerprint density at radius 3 is 2.44 bits per heavy atom. The summed E-state index contributed by atoms with van der Waals surface area (Å²) in [7, 11) is 0. The van der Waals surface area contributed by atoms with Crippen molar-refractivity contribution < 1.29 is 23.4 Å². The zero-order valence-corrected chi connectivity index (χ0v) is 25.9. The smallest absolute Gasteiger partial charge is 0.349 e. The molecule has 1 aromatic heterocycles. The van der Waals surface area contributed by atoms with E-state index in [-0.39, 0.29) is 5.97 Å². The van der Waals surface area contributed by atoms with Crippen molar-refractivity contribution in [3.05, 3.63) is 89.8 Å². The lowest BCUT2D eigenvalue weighted by molar-refractivity contribution is -0.158. The molecule has 43 heavy (non-hydrogen) atoms. The molecule has 0 aliphatic heterocycles. The van der Waals surface area contributed by atoms with Gasteiger partial charge in [-0.25, -0.2) is 9.78 Å². The monoisotopic (exact) mass is 581 g/mol. The Kier molecular flexibility index (Phi) is 9.86. The highest BCUT2D eigenvalue weighted by atomic mass is 16.6. The van der Waals surface area contributed by atoms with Crippen LogP contribution in [0.15, 0.2) is 77.2 Å². The van der Waals surface area contributed by atoms with Crippen LogP contribution in [0.4, 0.5) is 0 Å².